The Hall–Kier alpha value is -4.36. The Kier molecular flexibility index (Phi) is 147. The Bertz CT molecular complexity index is 2200. The van der Waals surface area contributed by atoms with Gasteiger partial charge in [-0.05, 0) is 192 Å². The molecule has 0 aliphatic carbocycles. The number of rotatable bonds is 76. The second-order valence-electron chi connectivity index (χ2n) is 24.6. The van der Waals surface area contributed by atoms with Gasteiger partial charge < -0.3 is 141 Å². The smallest absolute Gasteiger partial charge is 0.251 e. The van der Waals surface area contributed by atoms with E-state index in [9.17, 15) is 28.8 Å². The Labute approximate surface area is 756 Å². The number of ketones is 4. The maximum absolute atomic E-state index is 11.8. The number of ether oxygens (including phenoxy) is 19. The number of benzene rings is 1. The van der Waals surface area contributed by atoms with Gasteiger partial charge in [0, 0.05) is 194 Å². The van der Waals surface area contributed by atoms with Gasteiger partial charge in [0.1, 0.15) is 23.1 Å². The molecule has 0 heterocycles. The van der Waals surface area contributed by atoms with Gasteiger partial charge in [-0.2, -0.15) is 0 Å². The number of carbonyl (C=O) groups is 6. The van der Waals surface area contributed by atoms with Crippen LogP contribution in [0.4, 0.5) is 5.69 Å². The fourth-order valence-corrected chi connectivity index (χ4v) is 9.52. The maximum atomic E-state index is 11.8. The summed E-state index contributed by atoms with van der Waals surface area (Å²) >= 11 is 0. The molecule has 1 aromatic rings. The van der Waals surface area contributed by atoms with Crippen LogP contribution < -0.4 is 50.8 Å². The lowest BCUT2D eigenvalue weighted by molar-refractivity contribution is -0.169. The van der Waals surface area contributed by atoms with E-state index in [0.717, 1.165) is 51.4 Å². The summed E-state index contributed by atoms with van der Waals surface area (Å²) < 4.78 is 101. The number of nitrogen functional groups attached to an aromatic ring is 1. The molecule has 0 saturated heterocycles. The van der Waals surface area contributed by atoms with Crippen LogP contribution in [0.15, 0.2) is 24.3 Å². The van der Waals surface area contributed by atoms with Gasteiger partial charge in [-0.1, -0.05) is 52.0 Å². The standard InChI is InChI=1S/C14H22N2O3.C12H24N2O4.C12H27NO5.2C12H25NO3.C11H23NO3.C10H23NO4.7CH4/c1-3-18-13(19-4-2)9-10-16-14(17)11-5-7-12(15)8-6-11;1-3-17-12(18-4-2)7-8-14-11(16)6-5-10(15)9-13;1-3-17-12(18-4-2)11-16-10-9-15-8-7-14-6-5-13;1-3-15-12(16-4-2)9-5-7-11(14)8-6-10-13;1-3-15-12(16-4-2)8-6-5-7-11(14)9-10-13;1-3-14-11(15-4-2)7-5-6-10(13)8-9-12;1-3-14-10(15-4-2)9-13-8-7-12-6-5-11;;;;;;;/h5-8,13H,3-4,9-10,15H2,1-2H3,(H,16,17);12H,3-9,13H2,1-2H3,(H,14,16);12H,3-11,13H2,1-2H3;2*12H,3-10,13H2,1-2H3;11H,3-9,12H2,1-2H3;10H,3-9,11H2,1-2H3;7*1H4. The fraction of sp³-hybridized carbons (Fsp3) is 0.867. The van der Waals surface area contributed by atoms with Crippen LogP contribution in [-0.4, -0.2) is 290 Å². The number of hydrogen-bond acceptors (Lipinski definition) is 32. The Morgan fingerprint density at radius 1 is 0.274 bits per heavy atom. The third-order valence-electron chi connectivity index (χ3n) is 14.9. The Morgan fingerprint density at radius 3 is 0.855 bits per heavy atom. The number of carbonyl (C=O) groups excluding carboxylic acids is 6. The molecule has 0 radical (unpaired) electrons. The van der Waals surface area contributed by atoms with Crippen LogP contribution in [0.5, 0.6) is 0 Å². The molecule has 0 aliphatic heterocycles. The van der Waals surface area contributed by atoms with Crippen LogP contribution in [-0.2, 0) is 114 Å². The van der Waals surface area contributed by atoms with E-state index in [2.05, 4.69) is 10.6 Å². The fourth-order valence-electron chi connectivity index (χ4n) is 9.52. The highest BCUT2D eigenvalue weighted by molar-refractivity contribution is 5.94. The van der Waals surface area contributed by atoms with Crippen molar-refractivity contribution in [3.63, 3.8) is 0 Å². The zero-order chi connectivity index (χ0) is 88.7. The molecule has 34 heteroatoms. The molecule has 124 heavy (non-hydrogen) atoms. The first-order valence-electron chi connectivity index (χ1n) is 42.9. The summed E-state index contributed by atoms with van der Waals surface area (Å²) in [5.41, 5.74) is 38.4. The molecule has 0 bridgehead atoms. The van der Waals surface area contributed by atoms with Crippen molar-refractivity contribution in [1.29, 1.82) is 0 Å². The van der Waals surface area contributed by atoms with Crippen molar-refractivity contribution in [2.24, 2.45) is 34.4 Å². The number of Topliss-reactive ketones (excluding diaryl/α,β-unsaturated/α-hetero) is 4. The van der Waals surface area contributed by atoms with E-state index in [1.165, 1.54) is 0 Å². The van der Waals surface area contributed by atoms with Crippen LogP contribution in [0, 0.1) is 0 Å². The molecule has 0 saturated carbocycles. The van der Waals surface area contributed by atoms with Crippen molar-refractivity contribution < 1.29 is 119 Å². The maximum Gasteiger partial charge on any atom is 0.251 e. The average molecular weight is 1810 g/mol. The lowest BCUT2D eigenvalue weighted by Gasteiger charge is -2.16. The van der Waals surface area contributed by atoms with Crippen LogP contribution in [0.1, 0.15) is 275 Å². The lowest BCUT2D eigenvalue weighted by atomic mass is 10.1. The molecular formula is C90H197N9O25. The molecule has 0 aliphatic rings. The van der Waals surface area contributed by atoms with E-state index in [1.54, 1.807) is 24.3 Å². The van der Waals surface area contributed by atoms with Crippen LogP contribution in [0.25, 0.3) is 0 Å². The largest absolute Gasteiger partial charge is 0.399 e. The molecule has 752 valence electrons. The molecule has 1 aromatic carbocycles. The van der Waals surface area contributed by atoms with Crippen molar-refractivity contribution >= 4 is 40.6 Å². The van der Waals surface area contributed by atoms with Gasteiger partial charge in [0.25, 0.3) is 5.91 Å². The highest BCUT2D eigenvalue weighted by Crippen LogP contribution is 2.13. The minimum Gasteiger partial charge on any atom is -0.399 e. The van der Waals surface area contributed by atoms with Gasteiger partial charge in [-0.15, -0.1) is 0 Å². The topological polar surface area (TPSA) is 484 Å². The van der Waals surface area contributed by atoms with Gasteiger partial charge in [-0.25, -0.2) is 0 Å². The molecule has 16 N–H and O–H groups in total. The molecule has 0 unspecified atom stereocenters. The number of amides is 2. The van der Waals surface area contributed by atoms with E-state index < -0.39 is 0 Å². The normalized spacial score (nSPS) is 10.3. The molecule has 0 atom stereocenters. The predicted molar refractivity (Wildman–Crippen MR) is 504 cm³/mol. The molecular weight excluding hydrogens is 1610 g/mol. The van der Waals surface area contributed by atoms with Crippen molar-refractivity contribution in [2.75, 3.05) is 217 Å². The van der Waals surface area contributed by atoms with E-state index in [0.29, 0.717) is 267 Å². The van der Waals surface area contributed by atoms with Crippen LogP contribution in [0.3, 0.4) is 0 Å². The molecule has 2 amide bonds. The molecule has 0 spiro atoms. The van der Waals surface area contributed by atoms with E-state index in [4.69, 9.17) is 130 Å². The highest BCUT2D eigenvalue weighted by atomic mass is 16.7. The monoisotopic (exact) mass is 1800 g/mol. The zero-order valence-corrected chi connectivity index (χ0v) is 75.0. The second-order valence-corrected chi connectivity index (χ2v) is 24.6. The first kappa shape index (κ1) is 148. The van der Waals surface area contributed by atoms with Crippen molar-refractivity contribution in [3.05, 3.63) is 29.8 Å². The summed E-state index contributed by atoms with van der Waals surface area (Å²) in [5.74, 6) is 0.398. The number of hydrogen-bond donors (Lipinski definition) is 9. The summed E-state index contributed by atoms with van der Waals surface area (Å²) in [6.45, 7) is 44.5. The van der Waals surface area contributed by atoms with Crippen molar-refractivity contribution in [3.8, 4) is 0 Å². The zero-order valence-electron chi connectivity index (χ0n) is 75.0. The SMILES string of the molecule is C.C.C.C.C.C.C.CCOC(CCCC(=O)CCCN)OCC.CCOC(CCCC(=O)CCN)OCC.CCOC(CCCCC(=O)CCN)OCC.CCOC(CCNC(=O)CCC(=O)CN)OCC.CCOC(CCNC(=O)c1ccc(N)cc1)OCC.CCOC(COCCOCCN)OCC.CCOC(COCCOCCOCCN)OCC. The Morgan fingerprint density at radius 2 is 0.548 bits per heavy atom. The highest BCUT2D eigenvalue weighted by Gasteiger charge is 2.16. The quantitative estimate of drug-likeness (QED) is 0.0166. The third-order valence-corrected chi connectivity index (χ3v) is 14.9. The van der Waals surface area contributed by atoms with E-state index in [-0.39, 0.29) is 150 Å². The van der Waals surface area contributed by atoms with Gasteiger partial charge in [0.2, 0.25) is 5.91 Å². The minimum absolute atomic E-state index is 0. The summed E-state index contributed by atoms with van der Waals surface area (Å²) in [6.07, 6.45) is 10.2. The van der Waals surface area contributed by atoms with Gasteiger partial charge in [0.15, 0.2) is 44.0 Å². The average Bonchev–Trinajstić information content (AvgIpc) is 0.895. The van der Waals surface area contributed by atoms with Gasteiger partial charge in [-0.3, -0.25) is 28.8 Å². The van der Waals surface area contributed by atoms with E-state index >= 15 is 0 Å². The molecule has 1 rings (SSSR count). The van der Waals surface area contributed by atoms with Gasteiger partial charge >= 0.3 is 0 Å². The molecule has 0 fully saturated rings. The number of nitrogens with two attached hydrogens (primary N) is 7. The summed E-state index contributed by atoms with van der Waals surface area (Å²) in [4.78, 5) is 67.9. The number of anilines is 1. The van der Waals surface area contributed by atoms with Crippen LogP contribution >= 0.6 is 0 Å². The Balaban J connectivity index is -0.000000105. The third kappa shape index (κ3) is 114. The van der Waals surface area contributed by atoms with Crippen molar-refractivity contribution in [1.82, 2.24) is 10.6 Å². The summed E-state index contributed by atoms with van der Waals surface area (Å²) in [6, 6.07) is 6.82. The summed E-state index contributed by atoms with van der Waals surface area (Å²) in [5, 5.41) is 5.54. The first-order chi connectivity index (χ1) is 56.7. The number of unbranched alkanes of at least 4 members (excludes halogenated alkanes) is 1. The van der Waals surface area contributed by atoms with Crippen molar-refractivity contribution in [2.45, 2.75) is 309 Å². The minimum atomic E-state index is -0.286. The second kappa shape index (κ2) is 123. The van der Waals surface area contributed by atoms with E-state index in [1.807, 2.05) is 96.9 Å². The molecule has 0 aromatic heterocycles. The first-order valence-corrected chi connectivity index (χ1v) is 42.9. The van der Waals surface area contributed by atoms with Crippen LogP contribution in [0.2, 0.25) is 0 Å². The van der Waals surface area contributed by atoms with Gasteiger partial charge in [0.05, 0.1) is 72.6 Å². The predicted octanol–water partition coefficient (Wildman–Crippen LogP) is 12.4. The molecule has 34 nitrogen and oxygen atoms in total. The number of nitrogens with one attached hydrogen (secondary N) is 2. The summed E-state index contributed by atoms with van der Waals surface area (Å²) in [7, 11) is 0. The lowest BCUT2D eigenvalue weighted by Crippen LogP contribution is -2.29.